The minimum absolute atomic E-state index is 0.00847. The summed E-state index contributed by atoms with van der Waals surface area (Å²) in [7, 11) is -13.6. The Morgan fingerprint density at radius 1 is 0.486 bits per heavy atom. The topological polar surface area (TPSA) is 104 Å². The van der Waals surface area contributed by atoms with Crippen LogP contribution < -0.4 is 0 Å². The van der Waals surface area contributed by atoms with Gasteiger partial charge in [-0.3, -0.25) is 4.79 Å². The summed E-state index contributed by atoms with van der Waals surface area (Å²) in [5.74, 6) is 0.336. The van der Waals surface area contributed by atoms with Gasteiger partial charge in [0.15, 0.2) is 0 Å². The van der Waals surface area contributed by atoms with E-state index in [2.05, 4.69) is 39.8 Å². The van der Waals surface area contributed by atoms with E-state index in [0.717, 1.165) is 52.5 Å². The number of carbonyl (C=O) groups excluding carboxylic acids is 1. The lowest BCUT2D eigenvalue weighted by atomic mass is 9.70. The van der Waals surface area contributed by atoms with Gasteiger partial charge in [-0.25, -0.2) is 7.26 Å². The zero-order valence-electron chi connectivity index (χ0n) is 42.6. The predicted molar refractivity (Wildman–Crippen MR) is 294 cm³/mol. The molecule has 2 fully saturated rings. The van der Waals surface area contributed by atoms with Gasteiger partial charge >= 0.3 is 10.1 Å². The molecule has 0 aromatic heterocycles. The summed E-state index contributed by atoms with van der Waals surface area (Å²) in [5.41, 5.74) is 1.52. The Kier molecular flexibility index (Phi) is 15.7. The predicted octanol–water partition coefficient (Wildman–Crippen LogP) is 16.3. The molecule has 2 atom stereocenters. The van der Waals surface area contributed by atoms with E-state index < -0.39 is 46.3 Å². The maximum absolute atomic E-state index is 14.7. The molecule has 0 amide bonds. The van der Waals surface area contributed by atoms with Crippen LogP contribution in [-0.2, 0) is 32.3 Å². The third kappa shape index (κ3) is 10.1. The minimum atomic E-state index is -4.22. The van der Waals surface area contributed by atoms with Gasteiger partial charge in [-0.05, 0) is 152 Å². The summed E-state index contributed by atoms with van der Waals surface area (Å²) in [5, 5.41) is 0. The first-order chi connectivity index (χ1) is 34.3. The van der Waals surface area contributed by atoms with Gasteiger partial charge in [-0.1, -0.05) is 177 Å². The fourth-order valence-electron chi connectivity index (χ4n) is 10.7. The van der Waals surface area contributed by atoms with Crippen LogP contribution >= 0.6 is 20.6 Å². The van der Waals surface area contributed by atoms with Gasteiger partial charge in [0.05, 0.1) is 11.2 Å². The van der Waals surface area contributed by atoms with Crippen molar-refractivity contribution < 1.29 is 28.9 Å². The number of rotatable bonds is 16. The molecule has 7 nitrogen and oxygen atoms in total. The van der Waals surface area contributed by atoms with Crippen LogP contribution in [0.5, 0.6) is 0 Å². The molecule has 9 rings (SSSR count). The van der Waals surface area contributed by atoms with Crippen LogP contribution in [0.2, 0.25) is 0 Å². The summed E-state index contributed by atoms with van der Waals surface area (Å²) in [6.45, 7) is 16.6. The van der Waals surface area contributed by atoms with Gasteiger partial charge in [-0.2, -0.15) is 16.8 Å². The zero-order chi connectivity index (χ0) is 51.5. The number of Topliss-reactive ketones (excluding diaryl/α,β-unsaturated/α-hetero) is 1. The first-order valence-electron chi connectivity index (χ1n) is 24.9. The van der Waals surface area contributed by atoms with Crippen molar-refractivity contribution in [1.29, 1.82) is 0 Å². The van der Waals surface area contributed by atoms with Crippen molar-refractivity contribution in [2.45, 2.75) is 127 Å². The minimum Gasteiger partial charge on any atom is -0.299 e. The highest BCUT2D eigenvalue weighted by atomic mass is 32.3. The van der Waals surface area contributed by atoms with Crippen LogP contribution in [0.15, 0.2) is 228 Å². The third-order valence-corrected chi connectivity index (χ3v) is 25.4. The molecular weight excluding hydrogens is 973 g/mol. The lowest BCUT2D eigenvalue weighted by Gasteiger charge is -2.41. The van der Waals surface area contributed by atoms with E-state index in [9.17, 15) is 21.6 Å². The molecule has 378 valence electrons. The van der Waals surface area contributed by atoms with E-state index in [0.29, 0.717) is 17.7 Å². The molecule has 2 saturated carbocycles. The number of ketones is 1. The van der Waals surface area contributed by atoms with E-state index in [-0.39, 0.29) is 40.6 Å². The average Bonchev–Trinajstić information content (AvgIpc) is 3.73. The van der Waals surface area contributed by atoms with Gasteiger partial charge in [0, 0.05) is 35.8 Å². The van der Waals surface area contributed by atoms with Crippen molar-refractivity contribution in [3.05, 3.63) is 211 Å². The number of hydrogen-bond donors (Lipinski definition) is 0. The number of carbonyl (C=O) groups is 1. The summed E-state index contributed by atoms with van der Waals surface area (Å²) in [6, 6.07) is 62.2. The molecule has 7 aromatic rings. The first kappa shape index (κ1) is 53.0. The monoisotopic (exact) mass is 1040 g/mol. The maximum Gasteiger partial charge on any atom is 0.307 e. The Bertz CT molecular complexity index is 2960. The summed E-state index contributed by atoms with van der Waals surface area (Å²) in [4.78, 5) is 18.3. The van der Waals surface area contributed by atoms with Crippen molar-refractivity contribution in [2.75, 3.05) is 5.75 Å². The molecule has 72 heavy (non-hydrogen) atoms. The van der Waals surface area contributed by atoms with Crippen LogP contribution in [0.1, 0.15) is 109 Å². The summed E-state index contributed by atoms with van der Waals surface area (Å²) >= 11 is 0. The second kappa shape index (κ2) is 21.3. The molecule has 2 aliphatic rings. The molecule has 11 heteroatoms. The SMILES string of the molecule is CC(C)c1cc(C(C)C)c(S(=O)(=O)OS(c2ccccc2)(c2ccccc2)c2ccccc2)c(C(C)C)c1.CC1(C)C2CCC1(CS(=O)(=O)OS(c1ccccc1)(c1ccccc1)c1ccccc1)C(=O)C2. The molecule has 0 heterocycles. The van der Waals surface area contributed by atoms with Crippen molar-refractivity contribution in [3.63, 3.8) is 0 Å². The molecule has 0 spiro atoms. The maximum atomic E-state index is 14.7. The van der Waals surface area contributed by atoms with Crippen molar-refractivity contribution >= 4 is 46.6 Å². The Balaban J connectivity index is 0.000000194. The second-order valence-corrected chi connectivity index (χ2v) is 29.3. The average molecular weight is 1040 g/mol. The van der Waals surface area contributed by atoms with E-state index in [1.165, 1.54) is 0 Å². The normalized spacial score (nSPS) is 18.3. The van der Waals surface area contributed by atoms with Crippen LogP contribution in [-0.4, -0.2) is 28.4 Å². The highest BCUT2D eigenvalue weighted by Gasteiger charge is 2.66. The molecular formula is C61H68O7S4. The quantitative estimate of drug-likeness (QED) is 0.0949. The van der Waals surface area contributed by atoms with Crippen molar-refractivity contribution in [1.82, 2.24) is 0 Å². The molecule has 2 aliphatic carbocycles. The van der Waals surface area contributed by atoms with Crippen molar-refractivity contribution in [3.8, 4) is 0 Å². The van der Waals surface area contributed by atoms with Gasteiger partial charge in [-0.15, -0.1) is 0 Å². The first-order valence-corrected chi connectivity index (χ1v) is 31.0. The zero-order valence-corrected chi connectivity index (χ0v) is 45.9. The Hall–Kier alpha value is -5.27. The molecule has 2 bridgehead atoms. The number of hydrogen-bond acceptors (Lipinski definition) is 7. The van der Waals surface area contributed by atoms with Crippen LogP contribution in [0, 0.1) is 16.7 Å². The smallest absolute Gasteiger partial charge is 0.299 e. The fraction of sp³-hybridized carbons (Fsp3) is 0.295. The van der Waals surface area contributed by atoms with E-state index in [1.807, 2.05) is 210 Å². The molecule has 0 radical (unpaired) electrons. The highest BCUT2D eigenvalue weighted by Crippen LogP contribution is 2.72. The van der Waals surface area contributed by atoms with Crippen LogP contribution in [0.3, 0.4) is 0 Å². The van der Waals surface area contributed by atoms with Gasteiger partial charge in [0.25, 0.3) is 10.1 Å². The van der Waals surface area contributed by atoms with E-state index in [1.54, 1.807) is 0 Å². The summed E-state index contributed by atoms with van der Waals surface area (Å²) in [6.07, 6.45) is 1.97. The highest BCUT2D eigenvalue weighted by molar-refractivity contribution is 8.33. The Morgan fingerprint density at radius 2 is 0.806 bits per heavy atom. The van der Waals surface area contributed by atoms with Gasteiger partial charge in [0.1, 0.15) is 10.7 Å². The largest absolute Gasteiger partial charge is 0.307 e. The van der Waals surface area contributed by atoms with Crippen molar-refractivity contribution in [2.24, 2.45) is 16.7 Å². The van der Waals surface area contributed by atoms with Crippen LogP contribution in [0.25, 0.3) is 0 Å². The molecule has 0 aliphatic heterocycles. The number of benzene rings is 7. The summed E-state index contributed by atoms with van der Waals surface area (Å²) < 4.78 is 70.5. The number of fused-ring (bicyclic) bond motifs is 2. The van der Waals surface area contributed by atoms with E-state index >= 15 is 0 Å². The molecule has 2 unspecified atom stereocenters. The molecule has 0 N–H and O–H groups in total. The standard InChI is InChI=1S/C33H38O3S2.C28H30O4S2/c1-24(2)27-22-31(25(3)4)33(32(23-27)26(5)6)38(34,35)36-37(28-16-10-7-11-17-28,29-18-12-8-13-19-29)30-20-14-9-15-21-30;1-27(2)22-18-19-28(27,26(29)20-22)21-33(30,31)32-34(23-12-6-3-7-13-23,24-14-8-4-9-15-24)25-16-10-5-11-17-25/h7-26H,1-6H3;3-17,22H,18-21H2,1-2H3. The lowest BCUT2D eigenvalue weighted by Crippen LogP contribution is -2.42. The Labute approximate surface area is 432 Å². The molecule has 7 aromatic carbocycles. The third-order valence-electron chi connectivity index (χ3n) is 14.7. The fourth-order valence-corrected chi connectivity index (χ4v) is 22.7. The second-order valence-electron chi connectivity index (χ2n) is 20.4. The Morgan fingerprint density at radius 3 is 1.07 bits per heavy atom. The lowest BCUT2D eigenvalue weighted by molar-refractivity contribution is -0.128. The van der Waals surface area contributed by atoms with Gasteiger partial charge in [0.2, 0.25) is 0 Å². The molecule has 0 saturated heterocycles. The van der Waals surface area contributed by atoms with Gasteiger partial charge < -0.3 is 0 Å². The van der Waals surface area contributed by atoms with Crippen LogP contribution in [0.4, 0.5) is 0 Å². The van der Waals surface area contributed by atoms with E-state index in [4.69, 9.17) is 7.26 Å².